The van der Waals surface area contributed by atoms with Gasteiger partial charge >= 0.3 is 0 Å². The monoisotopic (exact) mass is 353 g/mol. The van der Waals surface area contributed by atoms with Gasteiger partial charge in [0.1, 0.15) is 0 Å². The predicted octanol–water partition coefficient (Wildman–Crippen LogP) is 2.68. The van der Waals surface area contributed by atoms with Crippen LogP contribution in [0.4, 0.5) is 5.69 Å². The van der Waals surface area contributed by atoms with Crippen LogP contribution in [0.3, 0.4) is 0 Å². The molecule has 2 aromatic rings. The van der Waals surface area contributed by atoms with Crippen molar-refractivity contribution in [1.29, 1.82) is 0 Å². The molecule has 0 unspecified atom stereocenters. The van der Waals surface area contributed by atoms with Crippen molar-refractivity contribution >= 4 is 17.5 Å². The number of carbonyl (C=O) groups is 2. The SMILES string of the molecule is CCNC(=O)CN(CC)CC(=O)N(Cc1ccccc1)c1ccccc1. The lowest BCUT2D eigenvalue weighted by Crippen LogP contribution is -2.44. The van der Waals surface area contributed by atoms with Crippen LogP contribution >= 0.6 is 0 Å². The third-order valence-electron chi connectivity index (χ3n) is 4.10. The Morgan fingerprint density at radius 3 is 2.08 bits per heavy atom. The van der Waals surface area contributed by atoms with Crippen LogP contribution in [0.15, 0.2) is 60.7 Å². The first kappa shape index (κ1) is 19.7. The van der Waals surface area contributed by atoms with E-state index in [-0.39, 0.29) is 24.9 Å². The molecule has 0 aliphatic rings. The Bertz CT molecular complexity index is 689. The van der Waals surface area contributed by atoms with Crippen LogP contribution in [0.2, 0.25) is 0 Å². The van der Waals surface area contributed by atoms with E-state index in [0.717, 1.165) is 11.3 Å². The maximum absolute atomic E-state index is 13.0. The van der Waals surface area contributed by atoms with Crippen LogP contribution in [-0.2, 0) is 16.1 Å². The smallest absolute Gasteiger partial charge is 0.241 e. The number of amides is 2. The summed E-state index contributed by atoms with van der Waals surface area (Å²) in [5, 5.41) is 2.78. The van der Waals surface area contributed by atoms with Crippen molar-refractivity contribution in [2.45, 2.75) is 20.4 Å². The highest BCUT2D eigenvalue weighted by molar-refractivity contribution is 5.95. The predicted molar refractivity (Wildman–Crippen MR) is 105 cm³/mol. The number of rotatable bonds is 9. The average molecular weight is 353 g/mol. The number of anilines is 1. The summed E-state index contributed by atoms with van der Waals surface area (Å²) in [4.78, 5) is 28.5. The Hall–Kier alpha value is -2.66. The number of nitrogens with zero attached hydrogens (tertiary/aromatic N) is 2. The van der Waals surface area contributed by atoms with Crippen LogP contribution in [-0.4, -0.2) is 42.9 Å². The first-order chi connectivity index (χ1) is 12.6. The molecule has 138 valence electrons. The largest absolute Gasteiger partial charge is 0.355 e. The topological polar surface area (TPSA) is 52.7 Å². The van der Waals surface area contributed by atoms with Gasteiger partial charge in [0.15, 0.2) is 0 Å². The van der Waals surface area contributed by atoms with Gasteiger partial charge in [0, 0.05) is 12.2 Å². The van der Waals surface area contributed by atoms with E-state index in [1.165, 1.54) is 0 Å². The molecule has 5 nitrogen and oxygen atoms in total. The third kappa shape index (κ3) is 6.01. The molecule has 0 bridgehead atoms. The second kappa shape index (κ2) is 10.4. The lowest BCUT2D eigenvalue weighted by Gasteiger charge is -2.27. The minimum atomic E-state index is -0.0588. The number of carbonyl (C=O) groups excluding carboxylic acids is 2. The normalized spacial score (nSPS) is 10.6. The van der Waals surface area contributed by atoms with E-state index < -0.39 is 0 Å². The van der Waals surface area contributed by atoms with E-state index >= 15 is 0 Å². The van der Waals surface area contributed by atoms with Crippen molar-refractivity contribution in [3.63, 3.8) is 0 Å². The van der Waals surface area contributed by atoms with Crippen molar-refractivity contribution in [2.24, 2.45) is 0 Å². The zero-order valence-corrected chi connectivity index (χ0v) is 15.5. The Kier molecular flexibility index (Phi) is 7.83. The maximum atomic E-state index is 13.0. The van der Waals surface area contributed by atoms with Gasteiger partial charge in [-0.1, -0.05) is 55.5 Å². The molecule has 0 spiro atoms. The second-order valence-corrected chi connectivity index (χ2v) is 6.06. The lowest BCUT2D eigenvalue weighted by molar-refractivity contribution is -0.124. The number of likely N-dealkylation sites (N-methyl/N-ethyl adjacent to an activating group) is 2. The summed E-state index contributed by atoms with van der Waals surface area (Å²) in [6.45, 7) is 6.00. The summed E-state index contributed by atoms with van der Waals surface area (Å²) in [7, 11) is 0. The first-order valence-electron chi connectivity index (χ1n) is 9.02. The van der Waals surface area contributed by atoms with Crippen molar-refractivity contribution in [3.05, 3.63) is 66.2 Å². The summed E-state index contributed by atoms with van der Waals surface area (Å²) >= 11 is 0. The van der Waals surface area contributed by atoms with Gasteiger partial charge in [-0.3, -0.25) is 14.5 Å². The van der Waals surface area contributed by atoms with Gasteiger partial charge in [0.25, 0.3) is 0 Å². The van der Waals surface area contributed by atoms with E-state index in [9.17, 15) is 9.59 Å². The second-order valence-electron chi connectivity index (χ2n) is 6.06. The molecule has 0 aliphatic carbocycles. The van der Waals surface area contributed by atoms with Crippen LogP contribution in [0.1, 0.15) is 19.4 Å². The molecule has 0 aliphatic heterocycles. The van der Waals surface area contributed by atoms with Gasteiger partial charge in [-0.25, -0.2) is 0 Å². The fourth-order valence-corrected chi connectivity index (χ4v) is 2.71. The van der Waals surface area contributed by atoms with E-state index in [0.29, 0.717) is 19.6 Å². The average Bonchev–Trinajstić information content (AvgIpc) is 2.67. The summed E-state index contributed by atoms with van der Waals surface area (Å²) in [5.41, 5.74) is 1.92. The summed E-state index contributed by atoms with van der Waals surface area (Å²) < 4.78 is 0. The highest BCUT2D eigenvalue weighted by Crippen LogP contribution is 2.17. The summed E-state index contributed by atoms with van der Waals surface area (Å²) in [5.74, 6) is -0.0809. The molecule has 2 amide bonds. The molecule has 0 atom stereocenters. The minimum Gasteiger partial charge on any atom is -0.355 e. The highest BCUT2D eigenvalue weighted by Gasteiger charge is 2.20. The lowest BCUT2D eigenvalue weighted by atomic mass is 10.2. The highest BCUT2D eigenvalue weighted by atomic mass is 16.2. The number of hydrogen-bond acceptors (Lipinski definition) is 3. The van der Waals surface area contributed by atoms with E-state index in [1.54, 1.807) is 4.90 Å². The molecular weight excluding hydrogens is 326 g/mol. The Labute approximate surface area is 155 Å². The summed E-state index contributed by atoms with van der Waals surface area (Å²) in [6, 6.07) is 19.6. The van der Waals surface area contributed by atoms with Gasteiger partial charge in [-0.2, -0.15) is 0 Å². The van der Waals surface area contributed by atoms with Crippen molar-refractivity contribution in [2.75, 3.05) is 31.1 Å². The summed E-state index contributed by atoms with van der Waals surface area (Å²) in [6.07, 6.45) is 0. The molecule has 0 heterocycles. The fourth-order valence-electron chi connectivity index (χ4n) is 2.71. The molecule has 2 aromatic carbocycles. The van der Waals surface area contributed by atoms with Crippen LogP contribution < -0.4 is 10.2 Å². The van der Waals surface area contributed by atoms with Gasteiger partial charge in [-0.15, -0.1) is 0 Å². The van der Waals surface area contributed by atoms with Gasteiger partial charge < -0.3 is 10.2 Å². The molecular formula is C21H27N3O2. The first-order valence-corrected chi connectivity index (χ1v) is 9.02. The number of para-hydroxylation sites is 1. The van der Waals surface area contributed by atoms with E-state index in [4.69, 9.17) is 0 Å². The van der Waals surface area contributed by atoms with Gasteiger partial charge in [0.2, 0.25) is 11.8 Å². The number of hydrogen-bond donors (Lipinski definition) is 1. The molecule has 0 radical (unpaired) electrons. The van der Waals surface area contributed by atoms with E-state index in [2.05, 4.69) is 5.32 Å². The molecule has 2 rings (SSSR count). The Balaban J connectivity index is 2.13. The fraction of sp³-hybridized carbons (Fsp3) is 0.333. The van der Waals surface area contributed by atoms with Gasteiger partial charge in [-0.05, 0) is 31.2 Å². The van der Waals surface area contributed by atoms with E-state index in [1.807, 2.05) is 79.4 Å². The Morgan fingerprint density at radius 1 is 0.885 bits per heavy atom. The van der Waals surface area contributed by atoms with Crippen LogP contribution in [0.5, 0.6) is 0 Å². The number of benzene rings is 2. The molecule has 5 heteroatoms. The molecule has 0 fully saturated rings. The van der Waals surface area contributed by atoms with Gasteiger partial charge in [0.05, 0.1) is 19.6 Å². The zero-order valence-electron chi connectivity index (χ0n) is 15.5. The standard InChI is InChI=1S/C21H27N3O2/c1-3-22-20(25)16-23(4-2)17-21(26)24(19-13-9-6-10-14-19)15-18-11-7-5-8-12-18/h5-14H,3-4,15-17H2,1-2H3,(H,22,25). The quantitative estimate of drug-likeness (QED) is 0.754. The molecule has 0 saturated heterocycles. The third-order valence-corrected chi connectivity index (χ3v) is 4.10. The minimum absolute atomic E-state index is 0.0220. The molecule has 0 saturated carbocycles. The Morgan fingerprint density at radius 2 is 1.50 bits per heavy atom. The maximum Gasteiger partial charge on any atom is 0.241 e. The zero-order chi connectivity index (χ0) is 18.8. The van der Waals surface area contributed by atoms with Crippen LogP contribution in [0.25, 0.3) is 0 Å². The van der Waals surface area contributed by atoms with Crippen molar-refractivity contribution in [1.82, 2.24) is 10.2 Å². The molecule has 0 aromatic heterocycles. The van der Waals surface area contributed by atoms with Crippen molar-refractivity contribution in [3.8, 4) is 0 Å². The number of nitrogens with one attached hydrogen (secondary N) is 1. The molecule has 26 heavy (non-hydrogen) atoms. The van der Waals surface area contributed by atoms with Crippen LogP contribution in [0, 0.1) is 0 Å². The molecule has 1 N–H and O–H groups in total. The van der Waals surface area contributed by atoms with Crippen molar-refractivity contribution < 1.29 is 9.59 Å².